The van der Waals surface area contributed by atoms with Crippen LogP contribution in [0.25, 0.3) is 0 Å². The molecular weight excluding hydrogens is 300 g/mol. The van der Waals surface area contributed by atoms with E-state index in [2.05, 4.69) is 12.2 Å². The molecule has 0 unspecified atom stereocenters. The van der Waals surface area contributed by atoms with E-state index in [9.17, 15) is 9.59 Å². The number of hydrogen-bond acceptors (Lipinski definition) is 2. The zero-order valence-electron chi connectivity index (χ0n) is 13.0. The molecule has 0 atom stereocenters. The summed E-state index contributed by atoms with van der Waals surface area (Å²) in [6.45, 7) is 3.42. The number of likely N-dealkylation sites (tertiary alicyclic amines) is 1. The van der Waals surface area contributed by atoms with Gasteiger partial charge in [-0.25, -0.2) is 0 Å². The lowest BCUT2D eigenvalue weighted by molar-refractivity contribution is -0.122. The van der Waals surface area contributed by atoms with Crippen LogP contribution >= 0.6 is 11.6 Å². The summed E-state index contributed by atoms with van der Waals surface area (Å²) in [7, 11) is 0. The van der Waals surface area contributed by atoms with Gasteiger partial charge in [0.05, 0.1) is 0 Å². The number of nitrogens with one attached hydrogen (secondary N) is 1. The van der Waals surface area contributed by atoms with Crippen molar-refractivity contribution in [3.05, 3.63) is 34.9 Å². The minimum atomic E-state index is 0.0123. The lowest BCUT2D eigenvalue weighted by Crippen LogP contribution is -2.46. The molecular formula is C17H23ClN2O2. The van der Waals surface area contributed by atoms with Crippen molar-refractivity contribution in [1.29, 1.82) is 0 Å². The van der Waals surface area contributed by atoms with Gasteiger partial charge >= 0.3 is 0 Å². The van der Waals surface area contributed by atoms with Gasteiger partial charge in [-0.15, -0.1) is 0 Å². The maximum Gasteiger partial charge on any atom is 0.253 e. The number of piperidine rings is 1. The molecule has 22 heavy (non-hydrogen) atoms. The van der Waals surface area contributed by atoms with Crippen molar-refractivity contribution in [2.75, 3.05) is 13.1 Å². The summed E-state index contributed by atoms with van der Waals surface area (Å²) in [6.07, 6.45) is 4.17. The molecule has 4 nitrogen and oxygen atoms in total. The van der Waals surface area contributed by atoms with Crippen molar-refractivity contribution in [3.8, 4) is 0 Å². The smallest absolute Gasteiger partial charge is 0.253 e. The standard InChI is InChI=1S/C17H23ClN2O2/c1-2-3-7-16(21)19-15-8-10-20(11-9-15)17(22)13-5-4-6-14(18)12-13/h4-6,12,15H,2-3,7-11H2,1H3,(H,19,21). The summed E-state index contributed by atoms with van der Waals surface area (Å²) >= 11 is 5.93. The number of nitrogens with zero attached hydrogens (tertiary/aromatic N) is 1. The fraction of sp³-hybridized carbons (Fsp3) is 0.529. The molecule has 0 saturated carbocycles. The van der Waals surface area contributed by atoms with Crippen LogP contribution in [0.4, 0.5) is 0 Å². The summed E-state index contributed by atoms with van der Waals surface area (Å²) in [6, 6.07) is 7.22. The predicted octanol–water partition coefficient (Wildman–Crippen LogP) is 3.25. The van der Waals surface area contributed by atoms with Crippen LogP contribution in [0.2, 0.25) is 5.02 Å². The van der Waals surface area contributed by atoms with E-state index >= 15 is 0 Å². The van der Waals surface area contributed by atoms with Crippen molar-refractivity contribution in [2.45, 2.75) is 45.1 Å². The third-order valence-electron chi connectivity index (χ3n) is 3.98. The maximum atomic E-state index is 12.4. The second kappa shape index (κ2) is 8.18. The van der Waals surface area contributed by atoms with E-state index in [1.54, 1.807) is 24.3 Å². The Morgan fingerprint density at radius 3 is 2.68 bits per heavy atom. The quantitative estimate of drug-likeness (QED) is 0.904. The summed E-state index contributed by atoms with van der Waals surface area (Å²) in [5.74, 6) is 0.139. The van der Waals surface area contributed by atoms with Gasteiger partial charge in [0.2, 0.25) is 5.91 Å². The number of halogens is 1. The molecule has 1 saturated heterocycles. The zero-order chi connectivity index (χ0) is 15.9. The SMILES string of the molecule is CCCCC(=O)NC1CCN(C(=O)c2cccc(Cl)c2)CC1. The van der Waals surface area contributed by atoms with Crippen LogP contribution in [0.15, 0.2) is 24.3 Å². The van der Waals surface area contributed by atoms with Crippen molar-refractivity contribution >= 4 is 23.4 Å². The van der Waals surface area contributed by atoms with Gasteiger partial charge in [-0.05, 0) is 37.5 Å². The molecule has 1 aromatic carbocycles. The molecule has 1 fully saturated rings. The number of amides is 2. The van der Waals surface area contributed by atoms with Crippen molar-refractivity contribution < 1.29 is 9.59 Å². The highest BCUT2D eigenvalue weighted by Gasteiger charge is 2.24. The van der Waals surface area contributed by atoms with Gasteiger partial charge < -0.3 is 10.2 Å². The largest absolute Gasteiger partial charge is 0.353 e. The van der Waals surface area contributed by atoms with Crippen molar-refractivity contribution in [1.82, 2.24) is 10.2 Å². The van der Waals surface area contributed by atoms with Crippen LogP contribution in [0.5, 0.6) is 0 Å². The Morgan fingerprint density at radius 2 is 2.05 bits per heavy atom. The van der Waals surface area contributed by atoms with E-state index in [4.69, 9.17) is 11.6 Å². The van der Waals surface area contributed by atoms with E-state index in [1.807, 2.05) is 4.90 Å². The predicted molar refractivity (Wildman–Crippen MR) is 88.0 cm³/mol. The maximum absolute atomic E-state index is 12.4. The highest BCUT2D eigenvalue weighted by Crippen LogP contribution is 2.17. The number of hydrogen-bond donors (Lipinski definition) is 1. The van der Waals surface area contributed by atoms with Gasteiger partial charge in [0, 0.05) is 36.1 Å². The summed E-state index contributed by atoms with van der Waals surface area (Å²) in [4.78, 5) is 26.0. The molecule has 1 aliphatic heterocycles. The molecule has 2 amide bonds. The van der Waals surface area contributed by atoms with Crippen molar-refractivity contribution in [3.63, 3.8) is 0 Å². The topological polar surface area (TPSA) is 49.4 Å². The van der Waals surface area contributed by atoms with Crippen LogP contribution in [0.3, 0.4) is 0 Å². The number of carbonyl (C=O) groups excluding carboxylic acids is 2. The Labute approximate surface area is 136 Å². The third kappa shape index (κ3) is 4.73. The Hall–Kier alpha value is -1.55. The second-order valence-electron chi connectivity index (χ2n) is 5.75. The first-order valence-electron chi connectivity index (χ1n) is 7.94. The van der Waals surface area contributed by atoms with Crippen molar-refractivity contribution in [2.24, 2.45) is 0 Å². The monoisotopic (exact) mass is 322 g/mol. The summed E-state index contributed by atoms with van der Waals surface area (Å²) in [5.41, 5.74) is 0.623. The van der Waals surface area contributed by atoms with Crippen LogP contribution < -0.4 is 5.32 Å². The minimum Gasteiger partial charge on any atom is -0.353 e. The second-order valence-corrected chi connectivity index (χ2v) is 6.18. The molecule has 1 N–H and O–H groups in total. The van der Waals surface area contributed by atoms with Crippen LogP contribution in [-0.2, 0) is 4.79 Å². The van der Waals surface area contributed by atoms with Crippen LogP contribution in [0, 0.1) is 0 Å². The highest BCUT2D eigenvalue weighted by molar-refractivity contribution is 6.30. The van der Waals surface area contributed by atoms with Crippen LogP contribution in [-0.4, -0.2) is 35.8 Å². The molecule has 1 aromatic rings. The molecule has 0 radical (unpaired) electrons. The first kappa shape index (κ1) is 16.8. The number of rotatable bonds is 5. The molecule has 120 valence electrons. The number of carbonyl (C=O) groups is 2. The fourth-order valence-electron chi connectivity index (χ4n) is 2.67. The average Bonchev–Trinajstić information content (AvgIpc) is 2.53. The lowest BCUT2D eigenvalue weighted by Gasteiger charge is -2.32. The van der Waals surface area contributed by atoms with Gasteiger partial charge in [0.1, 0.15) is 0 Å². The Balaban J connectivity index is 1.82. The molecule has 0 bridgehead atoms. The molecule has 2 rings (SSSR count). The van der Waals surface area contributed by atoms with E-state index in [-0.39, 0.29) is 17.9 Å². The van der Waals surface area contributed by atoms with Gasteiger partial charge in [0.25, 0.3) is 5.91 Å². The molecule has 0 spiro atoms. The summed E-state index contributed by atoms with van der Waals surface area (Å²) < 4.78 is 0. The van der Waals surface area contributed by atoms with E-state index in [0.717, 1.165) is 25.7 Å². The van der Waals surface area contributed by atoms with Gasteiger partial charge in [-0.3, -0.25) is 9.59 Å². The van der Waals surface area contributed by atoms with Gasteiger partial charge in [0.15, 0.2) is 0 Å². The number of unbranched alkanes of at least 4 members (excludes halogenated alkanes) is 1. The Kier molecular flexibility index (Phi) is 6.25. The fourth-order valence-corrected chi connectivity index (χ4v) is 2.86. The molecule has 1 heterocycles. The normalized spacial score (nSPS) is 15.6. The lowest BCUT2D eigenvalue weighted by atomic mass is 10.0. The minimum absolute atomic E-state index is 0.0123. The first-order valence-corrected chi connectivity index (χ1v) is 8.32. The molecule has 1 aliphatic rings. The average molecular weight is 323 g/mol. The number of benzene rings is 1. The van der Waals surface area contributed by atoms with Gasteiger partial charge in [-0.1, -0.05) is 31.0 Å². The Morgan fingerprint density at radius 1 is 1.32 bits per heavy atom. The van der Waals surface area contributed by atoms with E-state index < -0.39 is 0 Å². The third-order valence-corrected chi connectivity index (χ3v) is 4.21. The van der Waals surface area contributed by atoms with Gasteiger partial charge in [-0.2, -0.15) is 0 Å². The Bertz CT molecular complexity index is 525. The highest BCUT2D eigenvalue weighted by atomic mass is 35.5. The molecule has 0 aliphatic carbocycles. The van der Waals surface area contributed by atoms with Crippen LogP contribution in [0.1, 0.15) is 49.4 Å². The zero-order valence-corrected chi connectivity index (χ0v) is 13.7. The first-order chi connectivity index (χ1) is 10.6. The summed E-state index contributed by atoms with van der Waals surface area (Å²) in [5, 5.41) is 3.64. The van der Waals surface area contributed by atoms with E-state index in [0.29, 0.717) is 30.1 Å². The molecule has 0 aromatic heterocycles. The molecule has 5 heteroatoms. The van der Waals surface area contributed by atoms with E-state index in [1.165, 1.54) is 0 Å².